The average Bonchev–Trinajstić information content (AvgIpc) is 3.27. The molecular weight excluding hydrogens is 334 g/mol. The van der Waals surface area contributed by atoms with Crippen LogP contribution >= 0.6 is 0 Å². The van der Waals surface area contributed by atoms with Crippen LogP contribution in [0.4, 0.5) is 0 Å². The lowest BCUT2D eigenvalue weighted by molar-refractivity contribution is 0.102. The summed E-state index contributed by atoms with van der Waals surface area (Å²) in [6.07, 6.45) is 0. The molecule has 5 rings (SSSR count). The molecule has 2 heterocycles. The van der Waals surface area contributed by atoms with Crippen LogP contribution in [-0.4, -0.2) is 20.1 Å². The highest BCUT2D eigenvalue weighted by molar-refractivity contribution is 6.16. The van der Waals surface area contributed by atoms with Gasteiger partial charge in [0.15, 0.2) is 0 Å². The Labute approximate surface area is 156 Å². The van der Waals surface area contributed by atoms with Crippen molar-refractivity contribution in [2.45, 2.75) is 0 Å². The van der Waals surface area contributed by atoms with Crippen molar-refractivity contribution in [1.29, 1.82) is 0 Å². The van der Waals surface area contributed by atoms with Crippen LogP contribution in [0.25, 0.3) is 27.5 Å². The summed E-state index contributed by atoms with van der Waals surface area (Å²) in [5, 5.41) is 6.61. The van der Waals surface area contributed by atoms with Crippen molar-refractivity contribution >= 4 is 27.6 Å². The minimum Gasteiger partial charge on any atom is -0.341 e. The minimum atomic E-state index is -0.0359. The van der Waals surface area contributed by atoms with Crippen molar-refractivity contribution in [3.8, 4) is 5.69 Å². The lowest BCUT2D eigenvalue weighted by Crippen LogP contribution is -2.13. The maximum absolute atomic E-state index is 13.6. The molecule has 3 aromatic carbocycles. The third-order valence-corrected chi connectivity index (χ3v) is 4.98. The number of para-hydroxylation sites is 2. The molecule has 0 saturated carbocycles. The number of ketones is 1. The van der Waals surface area contributed by atoms with Crippen LogP contribution in [0.1, 0.15) is 16.2 Å². The Morgan fingerprint density at radius 2 is 1.56 bits per heavy atom. The molecule has 0 unspecified atom stereocenters. The first kappa shape index (κ1) is 15.6. The molecule has 0 spiro atoms. The second-order valence-electron chi connectivity index (χ2n) is 6.59. The van der Waals surface area contributed by atoms with Gasteiger partial charge in [-0.1, -0.05) is 54.6 Å². The number of aryl methyl sites for hydroxylation is 1. The molecule has 0 aliphatic heterocycles. The van der Waals surface area contributed by atoms with Gasteiger partial charge in [-0.15, -0.1) is 0 Å². The minimum absolute atomic E-state index is 0.0359. The van der Waals surface area contributed by atoms with Crippen molar-refractivity contribution in [2.24, 2.45) is 7.05 Å². The number of hydrogen-bond acceptors (Lipinski definition) is 2. The van der Waals surface area contributed by atoms with Gasteiger partial charge in [-0.2, -0.15) is 5.10 Å². The summed E-state index contributed by atoms with van der Waals surface area (Å²) in [5.41, 5.74) is 3.96. The number of fused-ring (bicyclic) bond motifs is 2. The highest BCUT2D eigenvalue weighted by Crippen LogP contribution is 2.27. The highest BCUT2D eigenvalue weighted by Gasteiger charge is 2.23. The quantitative estimate of drug-likeness (QED) is 0.440. The maximum Gasteiger partial charge on any atom is 0.228 e. The third kappa shape index (κ3) is 2.38. The molecule has 0 bridgehead atoms. The van der Waals surface area contributed by atoms with E-state index < -0.39 is 0 Å². The van der Waals surface area contributed by atoms with Gasteiger partial charge in [0, 0.05) is 23.3 Å². The average molecular weight is 351 g/mol. The Morgan fingerprint density at radius 1 is 0.852 bits per heavy atom. The number of rotatable bonds is 3. The van der Waals surface area contributed by atoms with E-state index in [1.807, 2.05) is 96.5 Å². The van der Waals surface area contributed by atoms with Gasteiger partial charge in [-0.3, -0.25) is 4.79 Å². The zero-order valence-corrected chi connectivity index (χ0v) is 14.8. The normalized spacial score (nSPS) is 11.3. The second-order valence-corrected chi connectivity index (χ2v) is 6.59. The Bertz CT molecular complexity index is 1300. The Kier molecular flexibility index (Phi) is 3.44. The van der Waals surface area contributed by atoms with Crippen LogP contribution in [-0.2, 0) is 7.05 Å². The molecule has 4 heteroatoms. The Balaban J connectivity index is 1.78. The summed E-state index contributed by atoms with van der Waals surface area (Å²) in [5.74, 6) is -0.0359. The van der Waals surface area contributed by atoms with E-state index in [1.54, 1.807) is 4.68 Å². The van der Waals surface area contributed by atoms with E-state index in [4.69, 9.17) is 5.10 Å². The van der Waals surface area contributed by atoms with Gasteiger partial charge in [0.1, 0.15) is 5.69 Å². The fourth-order valence-corrected chi connectivity index (χ4v) is 3.64. The molecule has 0 fully saturated rings. The molecule has 0 atom stereocenters. The molecule has 0 aliphatic carbocycles. The molecule has 2 aromatic heterocycles. The van der Waals surface area contributed by atoms with E-state index in [9.17, 15) is 4.79 Å². The first-order valence-electron chi connectivity index (χ1n) is 8.86. The van der Waals surface area contributed by atoms with E-state index >= 15 is 0 Å². The predicted molar refractivity (Wildman–Crippen MR) is 107 cm³/mol. The van der Waals surface area contributed by atoms with Gasteiger partial charge in [-0.25, -0.2) is 4.68 Å². The van der Waals surface area contributed by atoms with E-state index in [-0.39, 0.29) is 5.78 Å². The van der Waals surface area contributed by atoms with Crippen LogP contribution in [0.15, 0.2) is 84.9 Å². The lowest BCUT2D eigenvalue weighted by Gasteiger charge is -2.08. The van der Waals surface area contributed by atoms with Crippen LogP contribution in [0, 0.1) is 0 Å². The predicted octanol–water partition coefficient (Wildman–Crippen LogP) is 4.75. The third-order valence-electron chi connectivity index (χ3n) is 4.98. The number of hydrogen-bond donors (Lipinski definition) is 0. The summed E-state index contributed by atoms with van der Waals surface area (Å²) in [6, 6.07) is 27.5. The summed E-state index contributed by atoms with van der Waals surface area (Å²) in [7, 11) is 1.93. The fourth-order valence-electron chi connectivity index (χ4n) is 3.64. The van der Waals surface area contributed by atoms with Gasteiger partial charge in [-0.05, 0) is 30.3 Å². The van der Waals surface area contributed by atoms with E-state index in [1.165, 1.54) is 0 Å². The molecule has 5 aromatic rings. The molecule has 0 N–H and O–H groups in total. The standard InChI is InChI=1S/C23H17N3O/c1-25-20-14-8-5-9-16(20)15-21(25)23(27)22-18-12-6-7-13-19(18)24-26(22)17-10-3-2-4-11-17/h2-15H,1H3. The van der Waals surface area contributed by atoms with Gasteiger partial charge in [0.2, 0.25) is 5.78 Å². The topological polar surface area (TPSA) is 39.8 Å². The summed E-state index contributed by atoms with van der Waals surface area (Å²) >= 11 is 0. The largest absolute Gasteiger partial charge is 0.341 e. The summed E-state index contributed by atoms with van der Waals surface area (Å²) in [6.45, 7) is 0. The van der Waals surface area contributed by atoms with Crippen molar-refractivity contribution in [3.05, 3.63) is 96.3 Å². The first-order valence-corrected chi connectivity index (χ1v) is 8.86. The first-order chi connectivity index (χ1) is 13.2. The monoisotopic (exact) mass is 351 g/mol. The zero-order chi connectivity index (χ0) is 18.4. The van der Waals surface area contributed by atoms with Gasteiger partial charge >= 0.3 is 0 Å². The smallest absolute Gasteiger partial charge is 0.228 e. The molecular formula is C23H17N3O. The van der Waals surface area contributed by atoms with Gasteiger partial charge < -0.3 is 4.57 Å². The van der Waals surface area contributed by atoms with E-state index in [0.29, 0.717) is 11.4 Å². The van der Waals surface area contributed by atoms with Crippen molar-refractivity contribution in [1.82, 2.24) is 14.3 Å². The van der Waals surface area contributed by atoms with Gasteiger partial charge in [0.25, 0.3) is 0 Å². The molecule has 27 heavy (non-hydrogen) atoms. The highest BCUT2D eigenvalue weighted by atomic mass is 16.1. The molecule has 0 aliphatic rings. The van der Waals surface area contributed by atoms with E-state index in [0.717, 1.165) is 27.5 Å². The van der Waals surface area contributed by atoms with E-state index in [2.05, 4.69) is 0 Å². The SMILES string of the molecule is Cn1c(C(=O)c2c3ccccc3nn2-c2ccccc2)cc2ccccc21. The lowest BCUT2D eigenvalue weighted by atomic mass is 10.1. The Hall–Kier alpha value is -3.66. The van der Waals surface area contributed by atoms with Crippen LogP contribution in [0.2, 0.25) is 0 Å². The summed E-state index contributed by atoms with van der Waals surface area (Å²) in [4.78, 5) is 13.6. The van der Waals surface area contributed by atoms with Crippen molar-refractivity contribution in [3.63, 3.8) is 0 Å². The summed E-state index contributed by atoms with van der Waals surface area (Å²) < 4.78 is 3.71. The molecule has 4 nitrogen and oxygen atoms in total. The molecule has 130 valence electrons. The van der Waals surface area contributed by atoms with Gasteiger partial charge in [0.05, 0.1) is 16.9 Å². The number of benzene rings is 3. The van der Waals surface area contributed by atoms with Crippen molar-refractivity contribution in [2.75, 3.05) is 0 Å². The van der Waals surface area contributed by atoms with Crippen LogP contribution in [0.3, 0.4) is 0 Å². The Morgan fingerprint density at radius 3 is 2.37 bits per heavy atom. The van der Waals surface area contributed by atoms with Crippen LogP contribution < -0.4 is 0 Å². The molecule has 0 amide bonds. The zero-order valence-electron chi connectivity index (χ0n) is 14.8. The van der Waals surface area contributed by atoms with Crippen LogP contribution in [0.5, 0.6) is 0 Å². The number of carbonyl (C=O) groups is 1. The number of aromatic nitrogens is 3. The van der Waals surface area contributed by atoms with Crippen molar-refractivity contribution < 1.29 is 4.79 Å². The number of carbonyl (C=O) groups excluding carboxylic acids is 1. The molecule has 0 radical (unpaired) electrons. The maximum atomic E-state index is 13.6. The number of nitrogens with zero attached hydrogens (tertiary/aromatic N) is 3. The second kappa shape index (κ2) is 5.95. The molecule has 0 saturated heterocycles. The fraction of sp³-hybridized carbons (Fsp3) is 0.0435.